The molecule has 1 aliphatic heterocycles. The van der Waals surface area contributed by atoms with Crippen molar-refractivity contribution in [2.75, 3.05) is 33.3 Å². The molecule has 0 radical (unpaired) electrons. The Kier molecular flexibility index (Phi) is 6.02. The number of aliphatic hydroxyl groups excluding tert-OH is 1. The first-order chi connectivity index (χ1) is 10.2. The van der Waals surface area contributed by atoms with E-state index in [0.717, 1.165) is 37.1 Å². The van der Waals surface area contributed by atoms with E-state index in [1.807, 2.05) is 29.2 Å². The third-order valence-electron chi connectivity index (χ3n) is 3.76. The summed E-state index contributed by atoms with van der Waals surface area (Å²) in [5.74, 6) is 0.866. The average molecular weight is 292 g/mol. The number of carbonyl (C=O) groups is 1. The number of aliphatic hydroxyl groups is 1. The summed E-state index contributed by atoms with van der Waals surface area (Å²) < 4.78 is 5.29. The van der Waals surface area contributed by atoms with Crippen LogP contribution in [0, 0.1) is 0 Å². The maximum atomic E-state index is 11.9. The standard InChI is InChI=1S/C16H24N2O3/c1-21-15-7-3-2-5-13(15)8-9-17-16(20)12-18-10-4-6-14(19)11-18/h2-3,5,7,14,19H,4,6,8-12H2,1H3,(H,17,20). The number of hydrogen-bond acceptors (Lipinski definition) is 4. The molecular formula is C16H24N2O3. The lowest BCUT2D eigenvalue weighted by Crippen LogP contribution is -2.44. The molecule has 2 rings (SSSR count). The molecular weight excluding hydrogens is 268 g/mol. The van der Waals surface area contributed by atoms with Crippen molar-refractivity contribution < 1.29 is 14.6 Å². The normalized spacial score (nSPS) is 19.2. The molecule has 1 atom stereocenters. The van der Waals surface area contributed by atoms with Crippen molar-refractivity contribution in [1.82, 2.24) is 10.2 Å². The first-order valence-electron chi connectivity index (χ1n) is 7.48. The van der Waals surface area contributed by atoms with E-state index < -0.39 is 0 Å². The van der Waals surface area contributed by atoms with Crippen molar-refractivity contribution in [3.05, 3.63) is 29.8 Å². The smallest absolute Gasteiger partial charge is 0.234 e. The van der Waals surface area contributed by atoms with Gasteiger partial charge in [-0.3, -0.25) is 9.69 Å². The lowest BCUT2D eigenvalue weighted by atomic mass is 10.1. The van der Waals surface area contributed by atoms with E-state index in [9.17, 15) is 9.90 Å². The van der Waals surface area contributed by atoms with E-state index in [2.05, 4.69) is 5.32 Å². The van der Waals surface area contributed by atoms with Crippen LogP contribution >= 0.6 is 0 Å². The number of benzene rings is 1. The van der Waals surface area contributed by atoms with Crippen LogP contribution in [0.3, 0.4) is 0 Å². The van der Waals surface area contributed by atoms with Crippen LogP contribution in [-0.2, 0) is 11.2 Å². The zero-order chi connectivity index (χ0) is 15.1. The average Bonchev–Trinajstić information content (AvgIpc) is 2.47. The van der Waals surface area contributed by atoms with Gasteiger partial charge in [0.15, 0.2) is 0 Å². The van der Waals surface area contributed by atoms with Crippen LogP contribution in [-0.4, -0.2) is 55.3 Å². The molecule has 1 unspecified atom stereocenters. The van der Waals surface area contributed by atoms with Crippen molar-refractivity contribution in [1.29, 1.82) is 0 Å². The molecule has 2 N–H and O–H groups in total. The highest BCUT2D eigenvalue weighted by atomic mass is 16.5. The van der Waals surface area contributed by atoms with E-state index >= 15 is 0 Å². The van der Waals surface area contributed by atoms with Crippen LogP contribution < -0.4 is 10.1 Å². The summed E-state index contributed by atoms with van der Waals surface area (Å²) in [7, 11) is 1.65. The Morgan fingerprint density at radius 2 is 2.29 bits per heavy atom. The number of carbonyl (C=O) groups excluding carboxylic acids is 1. The largest absolute Gasteiger partial charge is 0.496 e. The van der Waals surface area contributed by atoms with Crippen LogP contribution in [0.2, 0.25) is 0 Å². The van der Waals surface area contributed by atoms with Gasteiger partial charge in [0.25, 0.3) is 0 Å². The molecule has 1 amide bonds. The maximum absolute atomic E-state index is 11.9. The molecule has 21 heavy (non-hydrogen) atoms. The number of amides is 1. The fourth-order valence-corrected chi connectivity index (χ4v) is 2.68. The number of nitrogens with one attached hydrogen (secondary N) is 1. The van der Waals surface area contributed by atoms with Crippen LogP contribution in [0.25, 0.3) is 0 Å². The van der Waals surface area contributed by atoms with Crippen molar-refractivity contribution in [3.8, 4) is 5.75 Å². The second-order valence-corrected chi connectivity index (χ2v) is 5.44. The van der Waals surface area contributed by atoms with E-state index in [-0.39, 0.29) is 12.0 Å². The van der Waals surface area contributed by atoms with Gasteiger partial charge in [0, 0.05) is 13.1 Å². The van der Waals surface area contributed by atoms with Gasteiger partial charge in [-0.15, -0.1) is 0 Å². The quantitative estimate of drug-likeness (QED) is 0.814. The molecule has 0 aliphatic carbocycles. The van der Waals surface area contributed by atoms with Gasteiger partial charge in [-0.05, 0) is 37.4 Å². The third kappa shape index (κ3) is 5.02. The molecule has 0 aromatic heterocycles. The summed E-state index contributed by atoms with van der Waals surface area (Å²) in [5.41, 5.74) is 1.09. The number of piperidine rings is 1. The van der Waals surface area contributed by atoms with Gasteiger partial charge in [-0.2, -0.15) is 0 Å². The molecule has 0 spiro atoms. The zero-order valence-electron chi connectivity index (χ0n) is 12.5. The Bertz CT molecular complexity index is 465. The Hall–Kier alpha value is -1.59. The summed E-state index contributed by atoms with van der Waals surface area (Å²) >= 11 is 0. The highest BCUT2D eigenvalue weighted by Crippen LogP contribution is 2.17. The SMILES string of the molecule is COc1ccccc1CCNC(=O)CN1CCCC(O)C1. The predicted octanol–water partition coefficient (Wildman–Crippen LogP) is 0.811. The summed E-state index contributed by atoms with van der Waals surface area (Å²) in [6, 6.07) is 7.83. The molecule has 116 valence electrons. The van der Waals surface area contributed by atoms with Crippen molar-refractivity contribution in [3.63, 3.8) is 0 Å². The van der Waals surface area contributed by atoms with E-state index in [4.69, 9.17) is 4.74 Å². The van der Waals surface area contributed by atoms with Crippen LogP contribution in [0.4, 0.5) is 0 Å². The highest BCUT2D eigenvalue weighted by molar-refractivity contribution is 5.78. The van der Waals surface area contributed by atoms with Crippen molar-refractivity contribution >= 4 is 5.91 Å². The maximum Gasteiger partial charge on any atom is 0.234 e. The van der Waals surface area contributed by atoms with Gasteiger partial charge in [-0.1, -0.05) is 18.2 Å². The summed E-state index contributed by atoms with van der Waals surface area (Å²) in [4.78, 5) is 13.9. The Labute approximate surface area is 125 Å². The fraction of sp³-hybridized carbons (Fsp3) is 0.562. The molecule has 0 saturated carbocycles. The summed E-state index contributed by atoms with van der Waals surface area (Å²) in [5, 5.41) is 12.5. The third-order valence-corrected chi connectivity index (χ3v) is 3.76. The zero-order valence-corrected chi connectivity index (χ0v) is 12.5. The number of methoxy groups -OCH3 is 1. The Morgan fingerprint density at radius 1 is 1.48 bits per heavy atom. The summed E-state index contributed by atoms with van der Waals surface area (Å²) in [6.07, 6.45) is 2.25. The second-order valence-electron chi connectivity index (χ2n) is 5.44. The van der Waals surface area contributed by atoms with Gasteiger partial charge >= 0.3 is 0 Å². The molecule has 0 bridgehead atoms. The number of hydrogen-bond donors (Lipinski definition) is 2. The van der Waals surface area contributed by atoms with Crippen molar-refractivity contribution in [2.45, 2.75) is 25.4 Å². The van der Waals surface area contributed by atoms with Gasteiger partial charge in [-0.25, -0.2) is 0 Å². The topological polar surface area (TPSA) is 61.8 Å². The van der Waals surface area contributed by atoms with Crippen molar-refractivity contribution in [2.24, 2.45) is 0 Å². The van der Waals surface area contributed by atoms with Crippen LogP contribution in [0.5, 0.6) is 5.75 Å². The van der Waals surface area contributed by atoms with Gasteiger partial charge in [0.2, 0.25) is 5.91 Å². The number of para-hydroxylation sites is 1. The number of ether oxygens (including phenoxy) is 1. The molecule has 1 heterocycles. The molecule has 1 aliphatic rings. The van der Waals surface area contributed by atoms with Crippen LogP contribution in [0.15, 0.2) is 24.3 Å². The molecule has 1 fully saturated rings. The first kappa shape index (κ1) is 15.8. The minimum absolute atomic E-state index is 0.0130. The molecule has 1 aromatic carbocycles. The number of likely N-dealkylation sites (tertiary alicyclic amines) is 1. The highest BCUT2D eigenvalue weighted by Gasteiger charge is 2.19. The van der Waals surface area contributed by atoms with Crippen LogP contribution in [0.1, 0.15) is 18.4 Å². The monoisotopic (exact) mass is 292 g/mol. The van der Waals surface area contributed by atoms with Gasteiger partial charge < -0.3 is 15.2 Å². The number of rotatable bonds is 6. The lowest BCUT2D eigenvalue weighted by Gasteiger charge is -2.29. The Balaban J connectivity index is 1.71. The number of β-amino-alcohol motifs (C(OH)–C–C–N with tert-alkyl or cyclic N) is 1. The molecule has 5 heteroatoms. The Morgan fingerprint density at radius 3 is 3.05 bits per heavy atom. The lowest BCUT2D eigenvalue weighted by molar-refractivity contribution is -0.122. The molecule has 1 aromatic rings. The summed E-state index contributed by atoms with van der Waals surface area (Å²) in [6.45, 7) is 2.44. The minimum Gasteiger partial charge on any atom is -0.496 e. The molecule has 1 saturated heterocycles. The molecule has 5 nitrogen and oxygen atoms in total. The van der Waals surface area contributed by atoms with Gasteiger partial charge in [0.1, 0.15) is 5.75 Å². The second kappa shape index (κ2) is 8.00. The fourth-order valence-electron chi connectivity index (χ4n) is 2.68. The predicted molar refractivity (Wildman–Crippen MR) is 81.4 cm³/mol. The minimum atomic E-state index is -0.292. The van der Waals surface area contributed by atoms with E-state index in [1.54, 1.807) is 7.11 Å². The van der Waals surface area contributed by atoms with E-state index in [1.165, 1.54) is 0 Å². The van der Waals surface area contributed by atoms with Gasteiger partial charge in [0.05, 0.1) is 19.8 Å². The van der Waals surface area contributed by atoms with E-state index in [0.29, 0.717) is 19.6 Å². The first-order valence-corrected chi connectivity index (χ1v) is 7.48. The number of nitrogens with zero attached hydrogens (tertiary/aromatic N) is 1.